The molecule has 0 amide bonds. The maximum atomic E-state index is 12.7. The first-order valence-electron chi connectivity index (χ1n) is 6.74. The minimum absolute atomic E-state index is 0.382. The molecule has 0 aromatic heterocycles. The highest BCUT2D eigenvalue weighted by Crippen LogP contribution is 2.34. The Bertz CT molecular complexity index is 730. The van der Waals surface area contributed by atoms with Crippen LogP contribution in [0.3, 0.4) is 0 Å². The highest BCUT2D eigenvalue weighted by molar-refractivity contribution is 7.84. The second-order valence-electron chi connectivity index (χ2n) is 5.11. The van der Waals surface area contributed by atoms with E-state index in [4.69, 9.17) is 22.1 Å². The minimum Gasteiger partial charge on any atom is -0.493 e. The maximum Gasteiger partial charge on any atom is 0.126 e. The van der Waals surface area contributed by atoms with Gasteiger partial charge in [0.15, 0.2) is 0 Å². The second kappa shape index (κ2) is 5.70. The van der Waals surface area contributed by atoms with E-state index in [9.17, 15) is 4.21 Å². The zero-order valence-corrected chi connectivity index (χ0v) is 13.3. The number of hydrogen-bond donors (Lipinski definition) is 1. The van der Waals surface area contributed by atoms with Crippen LogP contribution >= 0.6 is 11.6 Å². The summed E-state index contributed by atoms with van der Waals surface area (Å²) in [7, 11) is -1.18. The van der Waals surface area contributed by atoms with Crippen molar-refractivity contribution in [3.8, 4) is 5.75 Å². The Balaban J connectivity index is 1.94. The van der Waals surface area contributed by atoms with E-state index in [0.717, 1.165) is 33.8 Å². The SMILES string of the molecule is Cc1c(N)cccc1S(=O)Cc1cc(Cl)cc2c1OCC2. The molecule has 3 nitrogen and oxygen atoms in total. The van der Waals surface area contributed by atoms with Crippen molar-refractivity contribution < 1.29 is 8.95 Å². The van der Waals surface area contributed by atoms with Crippen LogP contribution < -0.4 is 10.5 Å². The lowest BCUT2D eigenvalue weighted by molar-refractivity contribution is 0.354. The molecule has 0 saturated heterocycles. The fourth-order valence-corrected chi connectivity index (χ4v) is 4.16. The Morgan fingerprint density at radius 3 is 3.00 bits per heavy atom. The number of anilines is 1. The molecular formula is C16H16ClNO2S. The van der Waals surface area contributed by atoms with Crippen molar-refractivity contribution in [3.05, 3.63) is 52.0 Å². The normalized spacial score (nSPS) is 14.6. The lowest BCUT2D eigenvalue weighted by Crippen LogP contribution is -2.02. The summed E-state index contributed by atoms with van der Waals surface area (Å²) in [5.74, 6) is 1.22. The van der Waals surface area contributed by atoms with Crippen molar-refractivity contribution in [1.82, 2.24) is 0 Å². The number of benzene rings is 2. The van der Waals surface area contributed by atoms with Crippen LogP contribution in [0.4, 0.5) is 5.69 Å². The van der Waals surface area contributed by atoms with Gasteiger partial charge in [0, 0.05) is 27.6 Å². The standard InChI is InChI=1S/C16H16ClNO2S/c1-10-14(18)3-2-4-15(10)21(19)9-12-8-13(17)7-11-5-6-20-16(11)12/h2-4,7-8H,5-6,9,18H2,1H3. The van der Waals surface area contributed by atoms with Crippen LogP contribution in [0.2, 0.25) is 5.02 Å². The summed E-state index contributed by atoms with van der Waals surface area (Å²) in [5, 5.41) is 0.663. The molecule has 0 fully saturated rings. The number of hydrogen-bond acceptors (Lipinski definition) is 3. The molecule has 0 aliphatic carbocycles. The van der Waals surface area contributed by atoms with Crippen molar-refractivity contribution in [1.29, 1.82) is 0 Å². The maximum absolute atomic E-state index is 12.7. The third-order valence-corrected chi connectivity index (χ3v) is 5.41. The summed E-state index contributed by atoms with van der Waals surface area (Å²) in [5.41, 5.74) is 9.41. The Morgan fingerprint density at radius 1 is 1.38 bits per heavy atom. The fraction of sp³-hybridized carbons (Fsp3) is 0.250. The van der Waals surface area contributed by atoms with E-state index < -0.39 is 10.8 Å². The first-order chi connectivity index (χ1) is 10.1. The summed E-state index contributed by atoms with van der Waals surface area (Å²) < 4.78 is 18.3. The predicted octanol–water partition coefficient (Wildman–Crippen LogP) is 3.47. The van der Waals surface area contributed by atoms with Gasteiger partial charge in [-0.2, -0.15) is 0 Å². The molecule has 0 saturated carbocycles. The summed E-state index contributed by atoms with van der Waals surface area (Å²) in [6.45, 7) is 2.55. The molecule has 2 N–H and O–H groups in total. The van der Waals surface area contributed by atoms with Crippen molar-refractivity contribution in [2.75, 3.05) is 12.3 Å². The third-order valence-electron chi connectivity index (χ3n) is 3.68. The first-order valence-corrected chi connectivity index (χ1v) is 8.43. The highest BCUT2D eigenvalue weighted by Gasteiger charge is 2.20. The van der Waals surface area contributed by atoms with Gasteiger partial charge in [0.25, 0.3) is 0 Å². The number of halogens is 1. The van der Waals surface area contributed by atoms with Crippen molar-refractivity contribution in [3.63, 3.8) is 0 Å². The van der Waals surface area contributed by atoms with Crippen LogP contribution in [0.5, 0.6) is 5.75 Å². The molecule has 1 aliphatic heterocycles. The van der Waals surface area contributed by atoms with Crippen LogP contribution in [0.1, 0.15) is 16.7 Å². The number of rotatable bonds is 3. The average Bonchev–Trinajstić information content (AvgIpc) is 2.90. The Labute approximate surface area is 131 Å². The molecule has 110 valence electrons. The molecular weight excluding hydrogens is 306 g/mol. The topological polar surface area (TPSA) is 52.3 Å². The van der Waals surface area contributed by atoms with E-state index in [1.807, 2.05) is 37.3 Å². The summed E-state index contributed by atoms with van der Waals surface area (Å²) in [4.78, 5) is 0.765. The molecule has 1 atom stereocenters. The number of nitrogens with two attached hydrogens (primary N) is 1. The lowest BCUT2D eigenvalue weighted by Gasteiger charge is -2.11. The Kier molecular flexibility index (Phi) is 3.91. The monoisotopic (exact) mass is 321 g/mol. The van der Waals surface area contributed by atoms with Crippen LogP contribution in [0, 0.1) is 6.92 Å². The fourth-order valence-electron chi connectivity index (χ4n) is 2.55. The quantitative estimate of drug-likeness (QED) is 0.881. The smallest absolute Gasteiger partial charge is 0.126 e. The summed E-state index contributed by atoms with van der Waals surface area (Å²) in [6.07, 6.45) is 0.854. The second-order valence-corrected chi connectivity index (χ2v) is 6.97. The van der Waals surface area contributed by atoms with E-state index in [0.29, 0.717) is 23.1 Å². The minimum atomic E-state index is -1.18. The molecule has 0 spiro atoms. The van der Waals surface area contributed by atoms with E-state index >= 15 is 0 Å². The van der Waals surface area contributed by atoms with E-state index in [2.05, 4.69) is 0 Å². The average molecular weight is 322 g/mol. The Morgan fingerprint density at radius 2 is 2.19 bits per heavy atom. The lowest BCUT2D eigenvalue weighted by atomic mass is 10.1. The molecule has 2 aromatic rings. The van der Waals surface area contributed by atoms with Gasteiger partial charge in [-0.1, -0.05) is 17.7 Å². The van der Waals surface area contributed by atoms with E-state index in [-0.39, 0.29) is 0 Å². The molecule has 5 heteroatoms. The van der Waals surface area contributed by atoms with Crippen LogP contribution in [0.15, 0.2) is 35.2 Å². The molecule has 1 unspecified atom stereocenters. The molecule has 1 aliphatic rings. The van der Waals surface area contributed by atoms with Gasteiger partial charge in [-0.15, -0.1) is 0 Å². The van der Waals surface area contributed by atoms with Crippen molar-refractivity contribution in [2.24, 2.45) is 0 Å². The Hall–Kier alpha value is -1.52. The van der Waals surface area contributed by atoms with Crippen molar-refractivity contribution >= 4 is 28.1 Å². The zero-order chi connectivity index (χ0) is 15.0. The first kappa shape index (κ1) is 14.4. The predicted molar refractivity (Wildman–Crippen MR) is 86.4 cm³/mol. The number of fused-ring (bicyclic) bond motifs is 1. The van der Waals surface area contributed by atoms with E-state index in [1.165, 1.54) is 0 Å². The van der Waals surface area contributed by atoms with Gasteiger partial charge in [-0.25, -0.2) is 0 Å². The molecule has 2 aromatic carbocycles. The number of nitrogen functional groups attached to an aromatic ring is 1. The largest absolute Gasteiger partial charge is 0.493 e. The van der Waals surface area contributed by atoms with Crippen LogP contribution in [-0.2, 0) is 23.0 Å². The molecule has 0 bridgehead atoms. The van der Waals surface area contributed by atoms with E-state index in [1.54, 1.807) is 0 Å². The summed E-state index contributed by atoms with van der Waals surface area (Å²) >= 11 is 6.14. The molecule has 3 rings (SSSR count). The third kappa shape index (κ3) is 2.78. The molecule has 0 radical (unpaired) electrons. The van der Waals surface area contributed by atoms with Gasteiger partial charge in [-0.3, -0.25) is 4.21 Å². The van der Waals surface area contributed by atoms with Gasteiger partial charge in [-0.05, 0) is 42.3 Å². The van der Waals surface area contributed by atoms with Crippen molar-refractivity contribution in [2.45, 2.75) is 24.0 Å². The highest BCUT2D eigenvalue weighted by atomic mass is 35.5. The summed E-state index contributed by atoms with van der Waals surface area (Å²) in [6, 6.07) is 9.26. The van der Waals surface area contributed by atoms with Crippen LogP contribution in [-0.4, -0.2) is 10.8 Å². The molecule has 21 heavy (non-hydrogen) atoms. The van der Waals surface area contributed by atoms with Gasteiger partial charge < -0.3 is 10.5 Å². The van der Waals surface area contributed by atoms with Crippen LogP contribution in [0.25, 0.3) is 0 Å². The van der Waals surface area contributed by atoms with Gasteiger partial charge >= 0.3 is 0 Å². The van der Waals surface area contributed by atoms with Gasteiger partial charge in [0.05, 0.1) is 23.2 Å². The molecule has 1 heterocycles. The zero-order valence-electron chi connectivity index (χ0n) is 11.7. The van der Waals surface area contributed by atoms with Gasteiger partial charge in [0.1, 0.15) is 5.75 Å². The number of ether oxygens (including phenoxy) is 1. The van der Waals surface area contributed by atoms with Gasteiger partial charge in [0.2, 0.25) is 0 Å².